The van der Waals surface area contributed by atoms with Gasteiger partial charge in [-0.25, -0.2) is 17.9 Å². The third-order valence-electron chi connectivity index (χ3n) is 4.19. The SMILES string of the molecule is CCNS(=O)(=O)c1cccc(C(=O)OCC(=O)c2cc(C)c(C)cc2C)c1. The molecule has 0 aromatic heterocycles. The molecule has 0 aliphatic carbocycles. The van der Waals surface area contributed by atoms with Gasteiger partial charge >= 0.3 is 5.97 Å². The van der Waals surface area contributed by atoms with E-state index in [1.165, 1.54) is 24.3 Å². The first-order valence-corrected chi connectivity index (χ1v) is 10.0. The van der Waals surface area contributed by atoms with Crippen LogP contribution in [0.4, 0.5) is 0 Å². The Labute approximate surface area is 159 Å². The van der Waals surface area contributed by atoms with Crippen LogP contribution in [-0.2, 0) is 14.8 Å². The molecule has 0 saturated carbocycles. The third-order valence-corrected chi connectivity index (χ3v) is 5.73. The van der Waals surface area contributed by atoms with Gasteiger partial charge in [-0.2, -0.15) is 0 Å². The maximum absolute atomic E-state index is 12.4. The minimum absolute atomic E-state index is 0.0323. The molecule has 2 rings (SSSR count). The standard InChI is InChI=1S/C20H23NO5S/c1-5-21-27(24,25)17-8-6-7-16(11-17)20(23)26-12-19(22)18-10-14(3)13(2)9-15(18)4/h6-11,21H,5,12H2,1-4H3. The summed E-state index contributed by atoms with van der Waals surface area (Å²) < 4.78 is 31.5. The van der Waals surface area contributed by atoms with Gasteiger partial charge in [-0.1, -0.05) is 19.1 Å². The smallest absolute Gasteiger partial charge is 0.338 e. The van der Waals surface area contributed by atoms with Crippen molar-refractivity contribution in [2.24, 2.45) is 0 Å². The second-order valence-corrected chi connectivity index (χ2v) is 8.05. The van der Waals surface area contributed by atoms with Crippen molar-refractivity contribution in [2.45, 2.75) is 32.6 Å². The first-order chi connectivity index (χ1) is 12.7. The largest absolute Gasteiger partial charge is 0.454 e. The molecule has 0 heterocycles. The van der Waals surface area contributed by atoms with Gasteiger partial charge in [0, 0.05) is 12.1 Å². The van der Waals surface area contributed by atoms with E-state index in [1.54, 1.807) is 13.0 Å². The van der Waals surface area contributed by atoms with E-state index in [0.717, 1.165) is 16.7 Å². The maximum Gasteiger partial charge on any atom is 0.338 e. The maximum atomic E-state index is 12.4. The number of carbonyl (C=O) groups is 2. The molecule has 6 nitrogen and oxygen atoms in total. The van der Waals surface area contributed by atoms with E-state index >= 15 is 0 Å². The van der Waals surface area contributed by atoms with Gasteiger partial charge in [-0.15, -0.1) is 0 Å². The molecule has 0 spiro atoms. The van der Waals surface area contributed by atoms with E-state index < -0.39 is 22.6 Å². The van der Waals surface area contributed by atoms with Crippen LogP contribution < -0.4 is 4.72 Å². The van der Waals surface area contributed by atoms with Gasteiger partial charge in [-0.3, -0.25) is 4.79 Å². The first kappa shape index (κ1) is 20.8. The Morgan fingerprint density at radius 3 is 2.33 bits per heavy atom. The summed E-state index contributed by atoms with van der Waals surface area (Å²) in [6.45, 7) is 7.19. The molecule has 0 unspecified atom stereocenters. The van der Waals surface area contributed by atoms with Crippen LogP contribution in [-0.4, -0.2) is 33.3 Å². The van der Waals surface area contributed by atoms with Crippen LogP contribution in [0.25, 0.3) is 0 Å². The number of carbonyl (C=O) groups excluding carboxylic acids is 2. The van der Waals surface area contributed by atoms with Crippen molar-refractivity contribution < 1.29 is 22.7 Å². The number of aryl methyl sites for hydroxylation is 3. The van der Waals surface area contributed by atoms with E-state index in [0.29, 0.717) is 5.56 Å². The predicted molar refractivity (Wildman–Crippen MR) is 103 cm³/mol. The summed E-state index contributed by atoms with van der Waals surface area (Å²) in [7, 11) is -3.68. The molecule has 2 aromatic carbocycles. The molecule has 0 amide bonds. The number of nitrogens with one attached hydrogen (secondary N) is 1. The van der Waals surface area contributed by atoms with Gasteiger partial charge < -0.3 is 4.74 Å². The fourth-order valence-corrected chi connectivity index (χ4v) is 3.70. The van der Waals surface area contributed by atoms with Crippen molar-refractivity contribution in [3.63, 3.8) is 0 Å². The fourth-order valence-electron chi connectivity index (χ4n) is 2.62. The molecule has 0 saturated heterocycles. The van der Waals surface area contributed by atoms with Gasteiger partial charge in [-0.05, 0) is 61.7 Å². The lowest BCUT2D eigenvalue weighted by atomic mass is 9.98. The normalized spacial score (nSPS) is 11.3. The summed E-state index contributed by atoms with van der Waals surface area (Å²) in [6.07, 6.45) is 0. The van der Waals surface area contributed by atoms with Crippen molar-refractivity contribution in [3.05, 3.63) is 64.2 Å². The molecule has 0 fully saturated rings. The molecule has 0 aliphatic rings. The second-order valence-electron chi connectivity index (χ2n) is 6.28. The highest BCUT2D eigenvalue weighted by Gasteiger charge is 2.18. The molecule has 0 radical (unpaired) electrons. The zero-order valence-electron chi connectivity index (χ0n) is 15.8. The Hall–Kier alpha value is -2.51. The number of rotatable bonds is 7. The van der Waals surface area contributed by atoms with Gasteiger partial charge in [0.15, 0.2) is 6.61 Å². The van der Waals surface area contributed by atoms with Gasteiger partial charge in [0.2, 0.25) is 15.8 Å². The van der Waals surface area contributed by atoms with E-state index in [4.69, 9.17) is 4.74 Å². The minimum Gasteiger partial charge on any atom is -0.454 e. The van der Waals surface area contributed by atoms with Gasteiger partial charge in [0.05, 0.1) is 10.5 Å². The van der Waals surface area contributed by atoms with Crippen molar-refractivity contribution in [1.29, 1.82) is 0 Å². The van der Waals surface area contributed by atoms with E-state index in [9.17, 15) is 18.0 Å². The molecule has 1 N–H and O–H groups in total. The lowest BCUT2D eigenvalue weighted by Gasteiger charge is -2.10. The molecule has 0 atom stereocenters. The molecular formula is C20H23NO5S. The quantitative estimate of drug-likeness (QED) is 0.581. The monoisotopic (exact) mass is 389 g/mol. The Bertz CT molecular complexity index is 980. The van der Waals surface area contributed by atoms with E-state index in [-0.39, 0.29) is 22.8 Å². The summed E-state index contributed by atoms with van der Waals surface area (Å²) in [6, 6.07) is 9.21. The summed E-state index contributed by atoms with van der Waals surface area (Å²) in [5.74, 6) is -1.06. The summed E-state index contributed by atoms with van der Waals surface area (Å²) in [4.78, 5) is 24.6. The highest BCUT2D eigenvalue weighted by atomic mass is 32.2. The summed E-state index contributed by atoms with van der Waals surface area (Å²) in [5.41, 5.74) is 3.46. The molecular weight excluding hydrogens is 366 g/mol. The van der Waals surface area contributed by atoms with Crippen molar-refractivity contribution in [2.75, 3.05) is 13.2 Å². The van der Waals surface area contributed by atoms with Crippen molar-refractivity contribution in [3.8, 4) is 0 Å². The predicted octanol–water partition coefficient (Wildman–Crippen LogP) is 2.95. The zero-order valence-corrected chi connectivity index (χ0v) is 16.6. The number of sulfonamides is 1. The van der Waals surface area contributed by atoms with Crippen LogP contribution in [0, 0.1) is 20.8 Å². The van der Waals surface area contributed by atoms with Gasteiger partial charge in [0.25, 0.3) is 0 Å². The number of ether oxygens (including phenoxy) is 1. The lowest BCUT2D eigenvalue weighted by Crippen LogP contribution is -2.23. The van der Waals surface area contributed by atoms with Crippen LogP contribution >= 0.6 is 0 Å². The van der Waals surface area contributed by atoms with Crippen molar-refractivity contribution >= 4 is 21.8 Å². The number of esters is 1. The Morgan fingerprint density at radius 1 is 1.00 bits per heavy atom. The highest BCUT2D eigenvalue weighted by molar-refractivity contribution is 7.89. The zero-order chi connectivity index (χ0) is 20.2. The second kappa shape index (κ2) is 8.45. The van der Waals surface area contributed by atoms with Crippen LogP contribution in [0.1, 0.15) is 44.3 Å². The van der Waals surface area contributed by atoms with E-state index in [2.05, 4.69) is 4.72 Å². The van der Waals surface area contributed by atoms with Crippen LogP contribution in [0.2, 0.25) is 0 Å². The van der Waals surface area contributed by atoms with Crippen LogP contribution in [0.5, 0.6) is 0 Å². The van der Waals surface area contributed by atoms with E-state index in [1.807, 2.05) is 26.8 Å². The average molecular weight is 389 g/mol. The number of ketones is 1. The third kappa shape index (κ3) is 5.02. The summed E-state index contributed by atoms with van der Waals surface area (Å²) in [5, 5.41) is 0. The molecule has 0 bridgehead atoms. The average Bonchev–Trinajstić information content (AvgIpc) is 2.62. The number of hydrogen-bond acceptors (Lipinski definition) is 5. The molecule has 27 heavy (non-hydrogen) atoms. The van der Waals surface area contributed by atoms with Crippen LogP contribution in [0.15, 0.2) is 41.3 Å². The van der Waals surface area contributed by atoms with Crippen molar-refractivity contribution in [1.82, 2.24) is 4.72 Å². The Kier molecular flexibility index (Phi) is 6.51. The number of benzene rings is 2. The first-order valence-electron chi connectivity index (χ1n) is 8.53. The Balaban J connectivity index is 2.12. The topological polar surface area (TPSA) is 89.5 Å². The fraction of sp³-hybridized carbons (Fsp3) is 0.300. The molecule has 2 aromatic rings. The Morgan fingerprint density at radius 2 is 1.67 bits per heavy atom. The highest BCUT2D eigenvalue weighted by Crippen LogP contribution is 2.17. The van der Waals surface area contributed by atoms with Gasteiger partial charge in [0.1, 0.15) is 0 Å². The number of hydrogen-bond donors (Lipinski definition) is 1. The number of Topliss-reactive ketones (excluding diaryl/α,β-unsaturated/α-hetero) is 1. The summed E-state index contributed by atoms with van der Waals surface area (Å²) >= 11 is 0. The minimum atomic E-state index is -3.68. The molecule has 7 heteroatoms. The molecule has 0 aliphatic heterocycles. The van der Waals surface area contributed by atoms with Crippen LogP contribution in [0.3, 0.4) is 0 Å². The molecule has 144 valence electrons. The lowest BCUT2D eigenvalue weighted by molar-refractivity contribution is 0.0474.